The summed E-state index contributed by atoms with van der Waals surface area (Å²) in [6.07, 6.45) is 9.55. The first kappa shape index (κ1) is 13.5. The summed E-state index contributed by atoms with van der Waals surface area (Å²) >= 11 is 0. The average molecular weight is 255 g/mol. The molecule has 0 spiro atoms. The summed E-state index contributed by atoms with van der Waals surface area (Å²) in [6.45, 7) is 0.988. The third kappa shape index (κ3) is 5.51. The summed E-state index contributed by atoms with van der Waals surface area (Å²) in [5.74, 6) is 0.916. The van der Waals surface area contributed by atoms with Gasteiger partial charge in [-0.3, -0.25) is 0 Å². The fourth-order valence-corrected chi connectivity index (χ4v) is 2.06. The molecule has 0 amide bonds. The second-order valence-electron chi connectivity index (χ2n) is 4.67. The number of unbranched alkanes of at least 4 members (excludes halogenated alkanes) is 3. The van der Waals surface area contributed by atoms with Crippen molar-refractivity contribution in [2.75, 3.05) is 11.9 Å². The molecule has 0 unspecified atom stereocenters. The molecule has 1 aromatic carbocycles. The molecule has 100 valence electrons. The lowest BCUT2D eigenvalue weighted by Gasteiger charge is -2.05. The number of nitrogens with zero attached hydrogens (tertiary/aromatic N) is 2. The van der Waals surface area contributed by atoms with Crippen LogP contribution in [0.15, 0.2) is 48.9 Å². The van der Waals surface area contributed by atoms with Crippen molar-refractivity contribution in [3.05, 3.63) is 54.5 Å². The van der Waals surface area contributed by atoms with Crippen LogP contribution in [0, 0.1) is 0 Å². The van der Waals surface area contributed by atoms with E-state index in [1.807, 2.05) is 6.07 Å². The van der Waals surface area contributed by atoms with E-state index in [1.54, 1.807) is 12.5 Å². The molecular weight excluding hydrogens is 234 g/mol. The predicted molar refractivity (Wildman–Crippen MR) is 79.1 cm³/mol. The van der Waals surface area contributed by atoms with Gasteiger partial charge in [0.25, 0.3) is 0 Å². The lowest BCUT2D eigenvalue weighted by Crippen LogP contribution is -2.03. The number of anilines is 1. The second kappa shape index (κ2) is 8.25. The van der Waals surface area contributed by atoms with Crippen molar-refractivity contribution in [3.63, 3.8) is 0 Å². The number of nitrogens with one attached hydrogen (secondary N) is 1. The van der Waals surface area contributed by atoms with Crippen LogP contribution in [0.25, 0.3) is 0 Å². The van der Waals surface area contributed by atoms with Crippen molar-refractivity contribution >= 4 is 5.82 Å². The Balaban J connectivity index is 1.49. The maximum absolute atomic E-state index is 4.13. The van der Waals surface area contributed by atoms with Crippen LogP contribution in [0.5, 0.6) is 0 Å². The summed E-state index contributed by atoms with van der Waals surface area (Å²) in [5, 5.41) is 3.30. The standard InChI is InChI=1S/C16H21N3/c1(4-8-15-9-5-3-6-10-15)2-7-12-18-16-11-13-17-14-19-16/h3,5-6,9-11,13-14H,1-2,4,7-8,12H2,(H,17,18,19). The summed E-state index contributed by atoms with van der Waals surface area (Å²) in [4.78, 5) is 8.02. The fraction of sp³-hybridized carbons (Fsp3) is 0.375. The Hall–Kier alpha value is -1.90. The van der Waals surface area contributed by atoms with Gasteiger partial charge in [-0.25, -0.2) is 9.97 Å². The van der Waals surface area contributed by atoms with Crippen molar-refractivity contribution in [2.45, 2.75) is 32.1 Å². The van der Waals surface area contributed by atoms with Crippen molar-refractivity contribution in [3.8, 4) is 0 Å². The third-order valence-corrected chi connectivity index (χ3v) is 3.12. The number of hydrogen-bond acceptors (Lipinski definition) is 3. The Bertz CT molecular complexity index is 399. The molecule has 0 saturated carbocycles. The minimum absolute atomic E-state index is 0.916. The highest BCUT2D eigenvalue weighted by atomic mass is 15.0. The van der Waals surface area contributed by atoms with Gasteiger partial charge < -0.3 is 5.32 Å². The van der Waals surface area contributed by atoms with Gasteiger partial charge in [-0.05, 0) is 30.9 Å². The molecule has 0 aliphatic rings. The monoisotopic (exact) mass is 255 g/mol. The van der Waals surface area contributed by atoms with Gasteiger partial charge in [0, 0.05) is 12.7 Å². The number of aromatic nitrogens is 2. The van der Waals surface area contributed by atoms with Crippen LogP contribution in [0.1, 0.15) is 31.2 Å². The first-order chi connectivity index (χ1) is 9.45. The second-order valence-corrected chi connectivity index (χ2v) is 4.67. The van der Waals surface area contributed by atoms with Crippen LogP contribution >= 0.6 is 0 Å². The molecule has 2 rings (SSSR count). The van der Waals surface area contributed by atoms with E-state index in [9.17, 15) is 0 Å². The zero-order valence-corrected chi connectivity index (χ0v) is 11.3. The van der Waals surface area contributed by atoms with E-state index >= 15 is 0 Å². The van der Waals surface area contributed by atoms with Gasteiger partial charge in [0.05, 0.1) is 0 Å². The molecular formula is C16H21N3. The van der Waals surface area contributed by atoms with E-state index < -0.39 is 0 Å². The Morgan fingerprint density at radius 1 is 0.895 bits per heavy atom. The Labute approximate surface area is 115 Å². The smallest absolute Gasteiger partial charge is 0.129 e. The van der Waals surface area contributed by atoms with E-state index in [1.165, 1.54) is 37.7 Å². The van der Waals surface area contributed by atoms with E-state index in [0.717, 1.165) is 12.4 Å². The van der Waals surface area contributed by atoms with Gasteiger partial charge in [-0.1, -0.05) is 43.2 Å². The van der Waals surface area contributed by atoms with E-state index in [4.69, 9.17) is 0 Å². The van der Waals surface area contributed by atoms with Crippen LogP contribution in [0.3, 0.4) is 0 Å². The van der Waals surface area contributed by atoms with Crippen molar-refractivity contribution < 1.29 is 0 Å². The van der Waals surface area contributed by atoms with Crippen molar-refractivity contribution in [1.29, 1.82) is 0 Å². The molecule has 0 atom stereocenters. The number of hydrogen-bond donors (Lipinski definition) is 1. The topological polar surface area (TPSA) is 37.8 Å². The minimum Gasteiger partial charge on any atom is -0.370 e. The largest absolute Gasteiger partial charge is 0.370 e. The predicted octanol–water partition coefficient (Wildman–Crippen LogP) is 3.69. The van der Waals surface area contributed by atoms with Crippen LogP contribution in [0.4, 0.5) is 5.82 Å². The summed E-state index contributed by atoms with van der Waals surface area (Å²) in [6, 6.07) is 12.6. The lowest BCUT2D eigenvalue weighted by atomic mass is 10.1. The molecule has 0 saturated heterocycles. The first-order valence-electron chi connectivity index (χ1n) is 6.99. The molecule has 3 heteroatoms. The Morgan fingerprint density at radius 2 is 1.74 bits per heavy atom. The van der Waals surface area contributed by atoms with Crippen LogP contribution in [0.2, 0.25) is 0 Å². The zero-order chi connectivity index (χ0) is 13.2. The number of benzene rings is 1. The highest BCUT2D eigenvalue weighted by molar-refractivity contribution is 5.31. The lowest BCUT2D eigenvalue weighted by molar-refractivity contribution is 0.654. The van der Waals surface area contributed by atoms with Crippen LogP contribution in [-0.2, 0) is 6.42 Å². The third-order valence-electron chi connectivity index (χ3n) is 3.12. The van der Waals surface area contributed by atoms with E-state index in [0.29, 0.717) is 0 Å². The number of aryl methyl sites for hydroxylation is 1. The molecule has 0 fully saturated rings. The first-order valence-corrected chi connectivity index (χ1v) is 6.99. The molecule has 0 aliphatic carbocycles. The summed E-state index contributed by atoms with van der Waals surface area (Å²) < 4.78 is 0. The quantitative estimate of drug-likeness (QED) is 0.731. The van der Waals surface area contributed by atoms with Gasteiger partial charge in [0.15, 0.2) is 0 Å². The van der Waals surface area contributed by atoms with Crippen molar-refractivity contribution in [1.82, 2.24) is 9.97 Å². The van der Waals surface area contributed by atoms with Crippen LogP contribution in [-0.4, -0.2) is 16.5 Å². The zero-order valence-electron chi connectivity index (χ0n) is 11.3. The highest BCUT2D eigenvalue weighted by Crippen LogP contribution is 2.08. The van der Waals surface area contributed by atoms with Crippen LogP contribution < -0.4 is 5.32 Å². The van der Waals surface area contributed by atoms with E-state index in [2.05, 4.69) is 45.6 Å². The maximum Gasteiger partial charge on any atom is 0.129 e. The SMILES string of the molecule is c1ccc(CCCCCCNc2ccncn2)cc1. The number of rotatable bonds is 8. The summed E-state index contributed by atoms with van der Waals surface area (Å²) in [7, 11) is 0. The molecule has 1 heterocycles. The molecule has 1 N–H and O–H groups in total. The highest BCUT2D eigenvalue weighted by Gasteiger charge is 1.94. The molecule has 2 aromatic rings. The van der Waals surface area contributed by atoms with Gasteiger partial charge in [-0.15, -0.1) is 0 Å². The fourth-order valence-electron chi connectivity index (χ4n) is 2.06. The molecule has 1 aromatic heterocycles. The Kier molecular flexibility index (Phi) is 5.87. The normalized spacial score (nSPS) is 10.3. The van der Waals surface area contributed by atoms with Gasteiger partial charge in [-0.2, -0.15) is 0 Å². The molecule has 19 heavy (non-hydrogen) atoms. The Morgan fingerprint density at radius 3 is 2.53 bits per heavy atom. The molecule has 0 bridgehead atoms. The van der Waals surface area contributed by atoms with Gasteiger partial charge in [0.1, 0.15) is 12.1 Å². The molecule has 3 nitrogen and oxygen atoms in total. The molecule has 0 aliphatic heterocycles. The maximum atomic E-state index is 4.13. The molecule has 0 radical (unpaired) electrons. The average Bonchev–Trinajstić information content (AvgIpc) is 2.48. The van der Waals surface area contributed by atoms with Gasteiger partial charge in [0.2, 0.25) is 0 Å². The minimum atomic E-state index is 0.916. The summed E-state index contributed by atoms with van der Waals surface area (Å²) in [5.41, 5.74) is 1.45. The van der Waals surface area contributed by atoms with Crippen molar-refractivity contribution in [2.24, 2.45) is 0 Å². The van der Waals surface area contributed by atoms with Gasteiger partial charge >= 0.3 is 0 Å². The van der Waals surface area contributed by atoms with E-state index in [-0.39, 0.29) is 0 Å².